The lowest BCUT2D eigenvalue weighted by molar-refractivity contribution is 0.103. The smallest absolute Gasteiger partial charge is 0.210 e. The van der Waals surface area contributed by atoms with Crippen LogP contribution in [0, 0.1) is 3.57 Å². The van der Waals surface area contributed by atoms with Gasteiger partial charge in [-0.1, -0.05) is 30.3 Å². The fourth-order valence-corrected chi connectivity index (χ4v) is 3.29. The number of allylic oxidation sites excluding steroid dienone is 2. The first-order valence-electron chi connectivity index (χ1n) is 8.37. The van der Waals surface area contributed by atoms with Crippen molar-refractivity contribution in [1.29, 1.82) is 0 Å². The van der Waals surface area contributed by atoms with Crippen LogP contribution in [0.15, 0.2) is 89.6 Å². The van der Waals surface area contributed by atoms with Gasteiger partial charge in [-0.2, -0.15) is 0 Å². The van der Waals surface area contributed by atoms with Crippen LogP contribution in [-0.4, -0.2) is 16.6 Å². The van der Waals surface area contributed by atoms with Crippen LogP contribution in [0.4, 0.5) is 11.4 Å². The molecule has 5 heteroatoms. The summed E-state index contributed by atoms with van der Waals surface area (Å²) in [5.41, 5.74) is 3.42. The number of rotatable bonds is 3. The monoisotopic (exact) mass is 466 g/mol. The number of phenolic OH excluding ortho intramolecular Hbond substituents is 1. The standard InChI is InChI=1S/C22H15IN2O2/c23-14-9-11-16(12-10-14)24-18-13-19(25-15-5-2-1-3-6-15)22(27)17-7-4-8-20(26)21(17)18/h1-13,25-26H. The van der Waals surface area contributed by atoms with Crippen LogP contribution in [-0.2, 0) is 0 Å². The predicted octanol–water partition coefficient (Wildman–Crippen LogP) is 5.31. The fourth-order valence-electron chi connectivity index (χ4n) is 2.93. The van der Waals surface area contributed by atoms with E-state index >= 15 is 0 Å². The number of nitrogens with one attached hydrogen (secondary N) is 1. The van der Waals surface area contributed by atoms with Gasteiger partial charge in [-0.3, -0.25) is 4.79 Å². The van der Waals surface area contributed by atoms with E-state index in [0.717, 1.165) is 14.9 Å². The third-order valence-corrected chi connectivity index (χ3v) is 4.92. The minimum absolute atomic E-state index is 0.0418. The molecule has 0 amide bonds. The minimum Gasteiger partial charge on any atom is -0.507 e. The lowest BCUT2D eigenvalue weighted by Gasteiger charge is -2.19. The quantitative estimate of drug-likeness (QED) is 0.515. The molecular weight excluding hydrogens is 451 g/mol. The average Bonchev–Trinajstić information content (AvgIpc) is 2.68. The summed E-state index contributed by atoms with van der Waals surface area (Å²) in [4.78, 5) is 17.6. The van der Waals surface area contributed by atoms with Crippen molar-refractivity contribution in [2.75, 3.05) is 5.32 Å². The second-order valence-corrected chi connectivity index (χ2v) is 7.30. The average molecular weight is 466 g/mol. The van der Waals surface area contributed by atoms with Crippen molar-refractivity contribution >= 4 is 45.5 Å². The summed E-state index contributed by atoms with van der Waals surface area (Å²) in [5.74, 6) is -0.133. The van der Waals surface area contributed by atoms with Crippen molar-refractivity contribution in [3.63, 3.8) is 0 Å². The highest BCUT2D eigenvalue weighted by Gasteiger charge is 2.27. The SMILES string of the molecule is O=C1C(Nc2ccccc2)=CC(=Nc2ccc(I)cc2)c2c(O)cccc21. The Morgan fingerprint density at radius 2 is 1.63 bits per heavy atom. The zero-order chi connectivity index (χ0) is 18.8. The highest BCUT2D eigenvalue weighted by molar-refractivity contribution is 14.1. The number of benzene rings is 3. The molecule has 0 radical (unpaired) electrons. The van der Waals surface area contributed by atoms with E-state index in [1.807, 2.05) is 54.6 Å². The molecule has 0 spiro atoms. The number of anilines is 1. The number of Topliss-reactive ketones (excluding diaryl/α,β-unsaturated/α-hetero) is 1. The molecule has 0 atom stereocenters. The maximum Gasteiger partial charge on any atom is 0.210 e. The maximum absolute atomic E-state index is 12.9. The Balaban J connectivity index is 1.83. The molecule has 0 fully saturated rings. The number of para-hydroxylation sites is 1. The highest BCUT2D eigenvalue weighted by Crippen LogP contribution is 2.31. The minimum atomic E-state index is -0.175. The number of hydrogen-bond acceptors (Lipinski definition) is 4. The van der Waals surface area contributed by atoms with Crippen molar-refractivity contribution in [1.82, 2.24) is 0 Å². The Morgan fingerprint density at radius 3 is 2.37 bits per heavy atom. The van der Waals surface area contributed by atoms with E-state index in [1.165, 1.54) is 0 Å². The molecule has 4 rings (SSSR count). The highest BCUT2D eigenvalue weighted by atomic mass is 127. The number of hydrogen-bond donors (Lipinski definition) is 2. The summed E-state index contributed by atoms with van der Waals surface area (Å²) < 4.78 is 1.11. The van der Waals surface area contributed by atoms with Crippen LogP contribution in [0.2, 0.25) is 0 Å². The maximum atomic E-state index is 12.9. The van der Waals surface area contributed by atoms with E-state index in [4.69, 9.17) is 0 Å². The van der Waals surface area contributed by atoms with E-state index in [1.54, 1.807) is 24.3 Å². The van der Waals surface area contributed by atoms with Crippen LogP contribution < -0.4 is 5.32 Å². The third kappa shape index (κ3) is 3.64. The molecule has 27 heavy (non-hydrogen) atoms. The van der Waals surface area contributed by atoms with E-state index in [9.17, 15) is 9.90 Å². The molecule has 0 heterocycles. The normalized spacial score (nSPS) is 14.6. The Morgan fingerprint density at radius 1 is 0.889 bits per heavy atom. The molecule has 2 N–H and O–H groups in total. The number of carbonyl (C=O) groups excluding carboxylic acids is 1. The molecule has 0 saturated carbocycles. The second-order valence-electron chi connectivity index (χ2n) is 6.05. The van der Waals surface area contributed by atoms with Crippen LogP contribution >= 0.6 is 22.6 Å². The molecule has 3 aromatic carbocycles. The van der Waals surface area contributed by atoms with Crippen molar-refractivity contribution in [2.24, 2.45) is 4.99 Å². The topological polar surface area (TPSA) is 61.7 Å². The first-order chi connectivity index (χ1) is 13.1. The van der Waals surface area contributed by atoms with Gasteiger partial charge in [0.05, 0.1) is 22.7 Å². The number of aromatic hydroxyl groups is 1. The molecule has 132 valence electrons. The Kier molecular flexibility index (Phi) is 4.77. The summed E-state index contributed by atoms with van der Waals surface area (Å²) in [7, 11) is 0. The predicted molar refractivity (Wildman–Crippen MR) is 116 cm³/mol. The molecule has 1 aliphatic carbocycles. The summed E-state index contributed by atoms with van der Waals surface area (Å²) in [5, 5.41) is 13.5. The van der Waals surface area contributed by atoms with Gasteiger partial charge >= 0.3 is 0 Å². The molecule has 0 unspecified atom stereocenters. The van der Waals surface area contributed by atoms with E-state index in [2.05, 4.69) is 32.9 Å². The number of ketones is 1. The number of fused-ring (bicyclic) bond motifs is 1. The summed E-state index contributed by atoms with van der Waals surface area (Å²) >= 11 is 2.24. The van der Waals surface area contributed by atoms with Crippen LogP contribution in [0.25, 0.3) is 0 Å². The second kappa shape index (κ2) is 7.36. The molecule has 0 saturated heterocycles. The molecule has 0 aromatic heterocycles. The number of phenols is 1. The van der Waals surface area contributed by atoms with Gasteiger partial charge in [0.15, 0.2) is 0 Å². The van der Waals surface area contributed by atoms with Crippen LogP contribution in [0.3, 0.4) is 0 Å². The van der Waals surface area contributed by atoms with Crippen LogP contribution in [0.1, 0.15) is 15.9 Å². The van der Waals surface area contributed by atoms with Crippen LogP contribution in [0.5, 0.6) is 5.75 Å². The Bertz CT molecular complexity index is 1070. The van der Waals surface area contributed by atoms with Gasteiger partial charge < -0.3 is 10.4 Å². The largest absolute Gasteiger partial charge is 0.507 e. The molecule has 1 aliphatic rings. The van der Waals surface area contributed by atoms with Crippen molar-refractivity contribution in [3.05, 3.63) is 99.3 Å². The van der Waals surface area contributed by atoms with Gasteiger partial charge in [0.25, 0.3) is 0 Å². The number of nitrogens with zero attached hydrogens (tertiary/aromatic N) is 1. The third-order valence-electron chi connectivity index (χ3n) is 4.20. The zero-order valence-corrected chi connectivity index (χ0v) is 16.3. The van der Waals surface area contributed by atoms with Gasteiger partial charge in [-0.25, -0.2) is 4.99 Å². The van der Waals surface area contributed by atoms with Crippen molar-refractivity contribution < 1.29 is 9.90 Å². The summed E-state index contributed by atoms with van der Waals surface area (Å²) in [6, 6.07) is 22.2. The summed E-state index contributed by atoms with van der Waals surface area (Å²) in [6.45, 7) is 0. The van der Waals surface area contributed by atoms with Crippen molar-refractivity contribution in [3.8, 4) is 5.75 Å². The van der Waals surface area contributed by atoms with Gasteiger partial charge in [0, 0.05) is 14.8 Å². The van der Waals surface area contributed by atoms with E-state index in [0.29, 0.717) is 22.5 Å². The summed E-state index contributed by atoms with van der Waals surface area (Å²) in [6.07, 6.45) is 1.69. The first kappa shape index (κ1) is 17.5. The Labute approximate surface area is 170 Å². The first-order valence-corrected chi connectivity index (χ1v) is 9.45. The van der Waals surface area contributed by atoms with Crippen molar-refractivity contribution in [2.45, 2.75) is 0 Å². The number of carbonyl (C=O) groups is 1. The molecule has 0 bridgehead atoms. The number of halogens is 1. The van der Waals surface area contributed by atoms with Gasteiger partial charge in [0.2, 0.25) is 5.78 Å². The van der Waals surface area contributed by atoms with E-state index in [-0.39, 0.29) is 11.5 Å². The lowest BCUT2D eigenvalue weighted by Crippen LogP contribution is -2.22. The Hall–Kier alpha value is -2.93. The molecule has 4 nitrogen and oxygen atoms in total. The molecular formula is C22H15IN2O2. The van der Waals surface area contributed by atoms with Gasteiger partial charge in [-0.15, -0.1) is 0 Å². The molecule has 0 aliphatic heterocycles. The number of aliphatic imine (C=N–C) groups is 1. The fraction of sp³-hybridized carbons (Fsp3) is 0. The van der Waals surface area contributed by atoms with Gasteiger partial charge in [0.1, 0.15) is 5.75 Å². The molecule has 3 aromatic rings. The van der Waals surface area contributed by atoms with Gasteiger partial charge in [-0.05, 0) is 71.1 Å². The lowest BCUT2D eigenvalue weighted by atomic mass is 9.91. The zero-order valence-electron chi connectivity index (χ0n) is 14.2. The van der Waals surface area contributed by atoms with E-state index < -0.39 is 0 Å².